The summed E-state index contributed by atoms with van der Waals surface area (Å²) in [5, 5.41) is 6.73. The zero-order valence-corrected chi connectivity index (χ0v) is 15.7. The van der Waals surface area contributed by atoms with Gasteiger partial charge in [-0.1, -0.05) is 38.1 Å². The monoisotopic (exact) mass is 353 g/mol. The van der Waals surface area contributed by atoms with Crippen molar-refractivity contribution >= 4 is 17.2 Å². The third-order valence-electron chi connectivity index (χ3n) is 3.97. The van der Waals surface area contributed by atoms with Crippen molar-refractivity contribution in [2.45, 2.75) is 20.8 Å². The lowest BCUT2D eigenvalue weighted by molar-refractivity contribution is 0.0746. The minimum absolute atomic E-state index is 0.0433. The van der Waals surface area contributed by atoms with Gasteiger partial charge >= 0.3 is 0 Å². The second kappa shape index (κ2) is 7.66. The van der Waals surface area contributed by atoms with Crippen LogP contribution in [0, 0.1) is 5.92 Å². The Balaban J connectivity index is 2.05. The van der Waals surface area contributed by atoms with Gasteiger partial charge in [0.1, 0.15) is 5.69 Å². The molecule has 0 saturated carbocycles. The molecule has 0 aliphatic rings. The van der Waals surface area contributed by atoms with E-state index in [2.05, 4.69) is 13.8 Å². The maximum absolute atomic E-state index is 13.1. The summed E-state index contributed by atoms with van der Waals surface area (Å²) >= 11 is 1.60. The first-order valence-electron chi connectivity index (χ1n) is 8.58. The average Bonchev–Trinajstić information content (AvgIpc) is 3.28. The van der Waals surface area contributed by atoms with E-state index in [9.17, 15) is 4.79 Å². The number of benzene rings is 1. The molecule has 0 spiro atoms. The van der Waals surface area contributed by atoms with Crippen LogP contribution in [0.15, 0.2) is 54.0 Å². The first-order valence-corrected chi connectivity index (χ1v) is 9.46. The Bertz CT molecular complexity index is 822. The number of hydrogen-bond donors (Lipinski definition) is 0. The quantitative estimate of drug-likeness (QED) is 0.643. The normalized spacial score (nSPS) is 11.0. The Kier molecular flexibility index (Phi) is 5.34. The molecule has 4 nitrogen and oxygen atoms in total. The van der Waals surface area contributed by atoms with E-state index in [0.717, 1.165) is 22.8 Å². The van der Waals surface area contributed by atoms with Crippen molar-refractivity contribution in [2.24, 2.45) is 5.92 Å². The molecule has 130 valence electrons. The average molecular weight is 353 g/mol. The van der Waals surface area contributed by atoms with E-state index in [1.54, 1.807) is 16.0 Å². The van der Waals surface area contributed by atoms with Gasteiger partial charge < -0.3 is 4.90 Å². The maximum Gasteiger partial charge on any atom is 0.257 e. The number of aromatic nitrogens is 2. The van der Waals surface area contributed by atoms with Gasteiger partial charge in [0.25, 0.3) is 5.91 Å². The van der Waals surface area contributed by atoms with Crippen LogP contribution in [-0.2, 0) is 0 Å². The number of para-hydroxylation sites is 1. The van der Waals surface area contributed by atoms with Gasteiger partial charge in [-0.25, -0.2) is 4.68 Å². The van der Waals surface area contributed by atoms with Gasteiger partial charge in [0.05, 0.1) is 16.1 Å². The highest BCUT2D eigenvalue weighted by Crippen LogP contribution is 2.28. The minimum atomic E-state index is 0.0433. The predicted molar refractivity (Wildman–Crippen MR) is 103 cm³/mol. The third kappa shape index (κ3) is 3.82. The van der Waals surface area contributed by atoms with Crippen LogP contribution in [0.2, 0.25) is 0 Å². The summed E-state index contributed by atoms with van der Waals surface area (Å²) in [5.41, 5.74) is 2.37. The zero-order valence-electron chi connectivity index (χ0n) is 14.8. The fourth-order valence-electron chi connectivity index (χ4n) is 2.81. The van der Waals surface area contributed by atoms with Crippen LogP contribution in [0.25, 0.3) is 16.3 Å². The summed E-state index contributed by atoms with van der Waals surface area (Å²) in [6.45, 7) is 7.72. The second-order valence-corrected chi connectivity index (χ2v) is 7.33. The standard InChI is InChI=1S/C20H23N3OS/c1-4-22(13-15(2)3)20(24)17-14-23(16-9-6-5-7-10-16)21-19(17)18-11-8-12-25-18/h5-12,14-15H,4,13H2,1-3H3. The van der Waals surface area contributed by atoms with E-state index in [0.29, 0.717) is 18.0 Å². The minimum Gasteiger partial charge on any atom is -0.339 e. The van der Waals surface area contributed by atoms with E-state index >= 15 is 0 Å². The van der Waals surface area contributed by atoms with E-state index < -0.39 is 0 Å². The van der Waals surface area contributed by atoms with Gasteiger partial charge in [0, 0.05) is 19.3 Å². The Morgan fingerprint density at radius 1 is 1.20 bits per heavy atom. The molecule has 3 rings (SSSR count). The molecule has 1 amide bonds. The Hall–Kier alpha value is -2.40. The largest absolute Gasteiger partial charge is 0.339 e. The zero-order chi connectivity index (χ0) is 17.8. The van der Waals surface area contributed by atoms with Crippen molar-refractivity contribution in [1.82, 2.24) is 14.7 Å². The molecule has 0 fully saturated rings. The van der Waals surface area contributed by atoms with Crippen LogP contribution in [0.3, 0.4) is 0 Å². The van der Waals surface area contributed by atoms with Crippen molar-refractivity contribution in [2.75, 3.05) is 13.1 Å². The number of amides is 1. The molecule has 5 heteroatoms. The molecule has 0 saturated heterocycles. The van der Waals surface area contributed by atoms with Gasteiger partial charge in [-0.3, -0.25) is 4.79 Å². The second-order valence-electron chi connectivity index (χ2n) is 6.39. The fraction of sp³-hybridized carbons (Fsp3) is 0.300. The molecule has 25 heavy (non-hydrogen) atoms. The Labute approximate surface area is 152 Å². The lowest BCUT2D eigenvalue weighted by atomic mass is 10.1. The summed E-state index contributed by atoms with van der Waals surface area (Å²) < 4.78 is 1.80. The van der Waals surface area contributed by atoms with Crippen molar-refractivity contribution in [3.8, 4) is 16.3 Å². The molecule has 0 N–H and O–H groups in total. The number of carbonyl (C=O) groups excluding carboxylic acids is 1. The summed E-state index contributed by atoms with van der Waals surface area (Å²) in [5.74, 6) is 0.472. The summed E-state index contributed by atoms with van der Waals surface area (Å²) in [7, 11) is 0. The van der Waals surface area contributed by atoms with Gasteiger partial charge in [-0.15, -0.1) is 11.3 Å². The first-order chi connectivity index (χ1) is 12.1. The smallest absolute Gasteiger partial charge is 0.257 e. The van der Waals surface area contributed by atoms with Gasteiger partial charge in [0.2, 0.25) is 0 Å². The lowest BCUT2D eigenvalue weighted by Crippen LogP contribution is -2.34. The van der Waals surface area contributed by atoms with Crippen LogP contribution in [0.4, 0.5) is 0 Å². The highest BCUT2D eigenvalue weighted by Gasteiger charge is 2.23. The summed E-state index contributed by atoms with van der Waals surface area (Å²) in [6.07, 6.45) is 1.86. The SMILES string of the molecule is CCN(CC(C)C)C(=O)c1cn(-c2ccccc2)nc1-c1cccs1. The van der Waals surface area contributed by atoms with Crippen molar-refractivity contribution in [3.05, 3.63) is 59.6 Å². The van der Waals surface area contributed by atoms with Gasteiger partial charge in [-0.05, 0) is 36.4 Å². The number of nitrogens with zero attached hydrogens (tertiary/aromatic N) is 3. The molecule has 2 aromatic heterocycles. The number of carbonyl (C=O) groups is 1. The molecule has 0 radical (unpaired) electrons. The molecule has 0 atom stereocenters. The Morgan fingerprint density at radius 2 is 1.96 bits per heavy atom. The topological polar surface area (TPSA) is 38.1 Å². The number of hydrogen-bond acceptors (Lipinski definition) is 3. The van der Waals surface area contributed by atoms with Crippen molar-refractivity contribution in [3.63, 3.8) is 0 Å². The maximum atomic E-state index is 13.1. The van der Waals surface area contributed by atoms with Crippen molar-refractivity contribution in [1.29, 1.82) is 0 Å². The molecular weight excluding hydrogens is 330 g/mol. The van der Waals surface area contributed by atoms with E-state index in [1.807, 2.05) is 65.9 Å². The third-order valence-corrected chi connectivity index (χ3v) is 4.85. The van der Waals surface area contributed by atoms with E-state index in [4.69, 9.17) is 5.10 Å². The van der Waals surface area contributed by atoms with Crippen LogP contribution in [0.5, 0.6) is 0 Å². The van der Waals surface area contributed by atoms with E-state index in [1.165, 1.54) is 0 Å². The van der Waals surface area contributed by atoms with Crippen LogP contribution < -0.4 is 0 Å². The highest BCUT2D eigenvalue weighted by atomic mass is 32.1. The number of thiophene rings is 1. The first kappa shape index (κ1) is 17.4. The van der Waals surface area contributed by atoms with E-state index in [-0.39, 0.29) is 5.91 Å². The van der Waals surface area contributed by atoms with Gasteiger partial charge in [0.15, 0.2) is 0 Å². The fourth-order valence-corrected chi connectivity index (χ4v) is 3.53. The molecule has 2 heterocycles. The molecule has 0 unspecified atom stereocenters. The van der Waals surface area contributed by atoms with Crippen LogP contribution in [0.1, 0.15) is 31.1 Å². The van der Waals surface area contributed by atoms with Crippen molar-refractivity contribution < 1.29 is 4.79 Å². The lowest BCUT2D eigenvalue weighted by Gasteiger charge is -2.22. The molecule has 1 aromatic carbocycles. The highest BCUT2D eigenvalue weighted by molar-refractivity contribution is 7.13. The van der Waals surface area contributed by atoms with Gasteiger partial charge in [-0.2, -0.15) is 5.10 Å². The molecule has 0 bridgehead atoms. The molecular formula is C20H23N3OS. The predicted octanol–water partition coefficient (Wildman–Crippen LogP) is 4.72. The molecule has 0 aliphatic carbocycles. The van der Waals surface area contributed by atoms with Crippen LogP contribution >= 0.6 is 11.3 Å². The summed E-state index contributed by atoms with van der Waals surface area (Å²) in [4.78, 5) is 16.1. The summed E-state index contributed by atoms with van der Waals surface area (Å²) in [6, 6.07) is 13.9. The molecule has 3 aromatic rings. The Morgan fingerprint density at radius 3 is 2.56 bits per heavy atom. The number of rotatable bonds is 6. The molecule has 0 aliphatic heterocycles. The van der Waals surface area contributed by atoms with Crippen LogP contribution in [-0.4, -0.2) is 33.7 Å².